The Morgan fingerprint density at radius 3 is 2.40 bits per heavy atom. The fourth-order valence-electron chi connectivity index (χ4n) is 2.90. The summed E-state index contributed by atoms with van der Waals surface area (Å²) in [6.45, 7) is -0.226. The second kappa shape index (κ2) is 9.37. The molecule has 7 heteroatoms. The smallest absolute Gasteiger partial charge is 0.324 e. The van der Waals surface area contributed by atoms with E-state index in [0.29, 0.717) is 17.2 Å². The van der Waals surface area contributed by atoms with E-state index in [-0.39, 0.29) is 13.4 Å². The van der Waals surface area contributed by atoms with Crippen LogP contribution in [0.4, 0.5) is 5.69 Å². The van der Waals surface area contributed by atoms with Crippen LogP contribution >= 0.6 is 11.8 Å². The summed E-state index contributed by atoms with van der Waals surface area (Å²) in [5.74, 6) is 0.283. The zero-order valence-corrected chi connectivity index (χ0v) is 16.8. The Morgan fingerprint density at radius 1 is 0.933 bits per heavy atom. The Balaban J connectivity index is 1.39. The maximum Gasteiger partial charge on any atom is 0.324 e. The Bertz CT molecular complexity index is 1030. The van der Waals surface area contributed by atoms with Crippen LogP contribution in [-0.2, 0) is 14.3 Å². The SMILES string of the molecule is O=C(COC(=O)C(Sc1ccccc1)c1ccccc1)Nc1ccc2c(c1)OCO2. The van der Waals surface area contributed by atoms with Crippen LogP contribution in [0, 0.1) is 0 Å². The normalized spacial score (nSPS) is 12.8. The average Bonchev–Trinajstić information content (AvgIpc) is 3.25. The minimum Gasteiger partial charge on any atom is -0.454 e. The summed E-state index contributed by atoms with van der Waals surface area (Å²) in [5.41, 5.74) is 1.35. The van der Waals surface area contributed by atoms with Gasteiger partial charge in [-0.3, -0.25) is 9.59 Å². The van der Waals surface area contributed by atoms with E-state index in [4.69, 9.17) is 14.2 Å². The van der Waals surface area contributed by atoms with E-state index < -0.39 is 17.1 Å². The molecule has 30 heavy (non-hydrogen) atoms. The molecule has 1 aliphatic rings. The first-order chi connectivity index (χ1) is 14.7. The molecule has 0 bridgehead atoms. The summed E-state index contributed by atoms with van der Waals surface area (Å²) in [4.78, 5) is 26.0. The Morgan fingerprint density at radius 2 is 1.63 bits per heavy atom. The van der Waals surface area contributed by atoms with Gasteiger partial charge in [0, 0.05) is 16.6 Å². The molecule has 0 spiro atoms. The number of hydrogen-bond donors (Lipinski definition) is 1. The molecule has 1 amide bonds. The second-order valence-electron chi connectivity index (χ2n) is 6.45. The van der Waals surface area contributed by atoms with Crippen LogP contribution in [0.5, 0.6) is 11.5 Å². The third-order valence-corrected chi connectivity index (χ3v) is 5.56. The first-order valence-electron chi connectivity index (χ1n) is 9.32. The van der Waals surface area contributed by atoms with Crippen molar-refractivity contribution in [2.75, 3.05) is 18.7 Å². The summed E-state index contributed by atoms with van der Waals surface area (Å²) in [6.07, 6.45) is 0. The van der Waals surface area contributed by atoms with Crippen LogP contribution in [0.15, 0.2) is 83.8 Å². The number of nitrogens with one attached hydrogen (secondary N) is 1. The Labute approximate surface area is 178 Å². The average molecular weight is 421 g/mol. The number of thioether (sulfide) groups is 1. The van der Waals surface area contributed by atoms with Gasteiger partial charge in [0.25, 0.3) is 5.91 Å². The van der Waals surface area contributed by atoms with Gasteiger partial charge in [0.1, 0.15) is 5.25 Å². The number of amides is 1. The zero-order chi connectivity index (χ0) is 20.8. The molecule has 1 N–H and O–H groups in total. The number of hydrogen-bond acceptors (Lipinski definition) is 6. The highest BCUT2D eigenvalue weighted by Crippen LogP contribution is 2.36. The number of benzene rings is 3. The van der Waals surface area contributed by atoms with Gasteiger partial charge < -0.3 is 19.5 Å². The molecule has 3 aromatic rings. The molecule has 152 valence electrons. The van der Waals surface area contributed by atoms with Gasteiger partial charge in [-0.25, -0.2) is 0 Å². The number of rotatable bonds is 7. The lowest BCUT2D eigenvalue weighted by Gasteiger charge is -2.16. The highest BCUT2D eigenvalue weighted by Gasteiger charge is 2.24. The maximum absolute atomic E-state index is 12.8. The molecule has 1 heterocycles. The molecule has 0 saturated heterocycles. The monoisotopic (exact) mass is 421 g/mol. The van der Waals surface area contributed by atoms with Gasteiger partial charge in [-0.1, -0.05) is 48.5 Å². The number of fused-ring (bicyclic) bond motifs is 1. The topological polar surface area (TPSA) is 73.9 Å². The van der Waals surface area contributed by atoms with Crippen LogP contribution in [0.25, 0.3) is 0 Å². The molecular formula is C23H19NO5S. The summed E-state index contributed by atoms with van der Waals surface area (Å²) < 4.78 is 15.9. The lowest BCUT2D eigenvalue weighted by Crippen LogP contribution is -2.23. The van der Waals surface area contributed by atoms with Crippen molar-refractivity contribution >= 4 is 29.3 Å². The van der Waals surface area contributed by atoms with E-state index in [9.17, 15) is 9.59 Å². The first kappa shape index (κ1) is 19.8. The molecule has 1 aliphatic heterocycles. The lowest BCUT2D eigenvalue weighted by atomic mass is 10.1. The van der Waals surface area contributed by atoms with Gasteiger partial charge in [-0.2, -0.15) is 0 Å². The number of esters is 1. The van der Waals surface area contributed by atoms with Gasteiger partial charge in [0.2, 0.25) is 6.79 Å². The largest absolute Gasteiger partial charge is 0.454 e. The van der Waals surface area contributed by atoms with Crippen LogP contribution in [-0.4, -0.2) is 25.3 Å². The Kier molecular flexibility index (Phi) is 6.20. The molecule has 0 fully saturated rings. The van der Waals surface area contributed by atoms with Gasteiger partial charge in [0.05, 0.1) is 0 Å². The third kappa shape index (κ3) is 4.93. The quantitative estimate of drug-likeness (QED) is 0.449. The van der Waals surface area contributed by atoms with E-state index in [1.165, 1.54) is 11.8 Å². The van der Waals surface area contributed by atoms with Crippen LogP contribution in [0.1, 0.15) is 10.8 Å². The second-order valence-corrected chi connectivity index (χ2v) is 7.62. The number of anilines is 1. The highest BCUT2D eigenvalue weighted by molar-refractivity contribution is 8.00. The molecule has 0 aliphatic carbocycles. The van der Waals surface area contributed by atoms with Crippen molar-refractivity contribution in [2.24, 2.45) is 0 Å². The molecule has 0 saturated carbocycles. The van der Waals surface area contributed by atoms with Crippen LogP contribution in [0.2, 0.25) is 0 Å². The molecule has 3 aromatic carbocycles. The van der Waals surface area contributed by atoms with Gasteiger partial charge in [-0.15, -0.1) is 11.8 Å². The Hall–Kier alpha value is -3.45. The first-order valence-corrected chi connectivity index (χ1v) is 10.2. The van der Waals surface area contributed by atoms with Crippen molar-refractivity contribution in [1.82, 2.24) is 0 Å². The number of carbonyl (C=O) groups is 2. The van der Waals surface area contributed by atoms with Crippen molar-refractivity contribution in [2.45, 2.75) is 10.1 Å². The fourth-order valence-corrected chi connectivity index (χ4v) is 3.94. The number of ether oxygens (including phenoxy) is 3. The van der Waals surface area contributed by atoms with Crippen LogP contribution in [0.3, 0.4) is 0 Å². The molecule has 1 atom stereocenters. The van der Waals surface area contributed by atoms with E-state index in [1.807, 2.05) is 60.7 Å². The molecular weight excluding hydrogens is 402 g/mol. The molecule has 0 aromatic heterocycles. The van der Waals surface area contributed by atoms with E-state index in [0.717, 1.165) is 10.5 Å². The molecule has 0 radical (unpaired) electrons. The summed E-state index contributed by atoms with van der Waals surface area (Å²) in [5, 5.41) is 2.12. The maximum atomic E-state index is 12.8. The van der Waals surface area contributed by atoms with Crippen molar-refractivity contribution in [3.8, 4) is 11.5 Å². The van der Waals surface area contributed by atoms with Crippen molar-refractivity contribution in [3.63, 3.8) is 0 Å². The minimum absolute atomic E-state index is 0.157. The molecule has 6 nitrogen and oxygen atoms in total. The lowest BCUT2D eigenvalue weighted by molar-refractivity contribution is -0.146. The van der Waals surface area contributed by atoms with E-state index in [1.54, 1.807) is 18.2 Å². The molecule has 4 rings (SSSR count). The zero-order valence-electron chi connectivity index (χ0n) is 15.9. The van der Waals surface area contributed by atoms with Gasteiger partial charge in [0.15, 0.2) is 18.1 Å². The van der Waals surface area contributed by atoms with Gasteiger partial charge in [-0.05, 0) is 29.8 Å². The summed E-state index contributed by atoms with van der Waals surface area (Å²) in [7, 11) is 0. The van der Waals surface area contributed by atoms with Crippen molar-refractivity contribution < 1.29 is 23.8 Å². The summed E-state index contributed by atoms with van der Waals surface area (Å²) >= 11 is 1.38. The van der Waals surface area contributed by atoms with Crippen molar-refractivity contribution in [3.05, 3.63) is 84.4 Å². The minimum atomic E-state index is -0.577. The summed E-state index contributed by atoms with van der Waals surface area (Å²) in [6, 6.07) is 24.0. The fraction of sp³-hybridized carbons (Fsp3) is 0.130. The third-order valence-electron chi connectivity index (χ3n) is 4.32. The number of carbonyl (C=O) groups excluding carboxylic acids is 2. The van der Waals surface area contributed by atoms with E-state index in [2.05, 4.69) is 5.32 Å². The van der Waals surface area contributed by atoms with E-state index >= 15 is 0 Å². The highest BCUT2D eigenvalue weighted by atomic mass is 32.2. The predicted molar refractivity (Wildman–Crippen MR) is 114 cm³/mol. The molecule has 1 unspecified atom stereocenters. The van der Waals surface area contributed by atoms with Crippen LogP contribution < -0.4 is 14.8 Å². The van der Waals surface area contributed by atoms with Crippen molar-refractivity contribution in [1.29, 1.82) is 0 Å². The van der Waals surface area contributed by atoms with Gasteiger partial charge >= 0.3 is 5.97 Å². The predicted octanol–water partition coefficient (Wildman–Crippen LogP) is 4.43. The standard InChI is InChI=1S/C23H19NO5S/c25-21(24-17-11-12-19-20(13-17)29-15-28-19)14-27-23(26)22(16-7-3-1-4-8-16)30-18-9-5-2-6-10-18/h1-13,22H,14-15H2,(H,24,25).